The van der Waals surface area contributed by atoms with E-state index in [0.29, 0.717) is 19.6 Å². The molecule has 1 fully saturated rings. The number of hydrogen-bond acceptors (Lipinski definition) is 6. The number of rotatable bonds is 4. The maximum absolute atomic E-state index is 12.9. The molecule has 1 N–H and O–H groups in total. The summed E-state index contributed by atoms with van der Waals surface area (Å²) in [6, 6.07) is 6.41. The van der Waals surface area contributed by atoms with Crippen molar-refractivity contribution < 1.29 is 14.2 Å². The minimum Gasteiger partial charge on any atom is -0.394 e. The van der Waals surface area contributed by atoms with Crippen LogP contribution < -0.4 is 4.90 Å². The van der Waals surface area contributed by atoms with E-state index in [1.165, 1.54) is 23.5 Å². The first-order valence-electron chi connectivity index (χ1n) is 6.79. The second-order valence-corrected chi connectivity index (χ2v) is 5.94. The normalized spacial score (nSPS) is 19.0. The van der Waals surface area contributed by atoms with Crippen LogP contribution in [-0.4, -0.2) is 47.7 Å². The Labute approximate surface area is 126 Å². The van der Waals surface area contributed by atoms with Gasteiger partial charge in [-0.1, -0.05) is 23.5 Å². The van der Waals surface area contributed by atoms with Gasteiger partial charge in [-0.15, -0.1) is 10.2 Å². The van der Waals surface area contributed by atoms with E-state index in [1.807, 2.05) is 0 Å². The molecule has 1 aromatic heterocycles. The topological polar surface area (TPSA) is 58.5 Å². The van der Waals surface area contributed by atoms with Crippen molar-refractivity contribution in [2.24, 2.45) is 0 Å². The van der Waals surface area contributed by atoms with Crippen molar-refractivity contribution >= 4 is 16.5 Å². The molecule has 5 nitrogen and oxygen atoms in total. The SMILES string of the molecule is OC[C@H]1CN(c2nnc(Cc3ccc(F)cc3)s2)CCO1. The van der Waals surface area contributed by atoms with Crippen molar-refractivity contribution in [3.63, 3.8) is 0 Å². The Morgan fingerprint density at radius 1 is 1.33 bits per heavy atom. The number of aromatic nitrogens is 2. The monoisotopic (exact) mass is 309 g/mol. The number of benzene rings is 1. The van der Waals surface area contributed by atoms with Crippen LogP contribution in [0.25, 0.3) is 0 Å². The zero-order valence-electron chi connectivity index (χ0n) is 11.4. The molecule has 1 aliphatic rings. The number of anilines is 1. The third-order valence-corrected chi connectivity index (χ3v) is 4.32. The fourth-order valence-corrected chi connectivity index (χ4v) is 3.13. The second-order valence-electron chi connectivity index (χ2n) is 4.90. The maximum atomic E-state index is 12.9. The van der Waals surface area contributed by atoms with Gasteiger partial charge in [-0.05, 0) is 17.7 Å². The van der Waals surface area contributed by atoms with E-state index in [4.69, 9.17) is 9.84 Å². The summed E-state index contributed by atoms with van der Waals surface area (Å²) in [6.07, 6.45) is 0.481. The molecule has 3 rings (SSSR count). The van der Waals surface area contributed by atoms with Gasteiger partial charge in [0.2, 0.25) is 5.13 Å². The number of ether oxygens (including phenoxy) is 1. The number of hydrogen-bond donors (Lipinski definition) is 1. The van der Waals surface area contributed by atoms with Crippen LogP contribution in [0.5, 0.6) is 0 Å². The van der Waals surface area contributed by atoms with Crippen LogP contribution in [-0.2, 0) is 11.2 Å². The molecule has 0 spiro atoms. The van der Waals surface area contributed by atoms with Gasteiger partial charge in [0.05, 0.1) is 19.3 Å². The predicted octanol–water partition coefficient (Wildman–Crippen LogP) is 1.47. The molecule has 0 unspecified atom stereocenters. The van der Waals surface area contributed by atoms with Gasteiger partial charge < -0.3 is 14.7 Å². The smallest absolute Gasteiger partial charge is 0.208 e. The number of morpholine rings is 1. The Kier molecular flexibility index (Phi) is 4.42. The Morgan fingerprint density at radius 2 is 2.14 bits per heavy atom. The third-order valence-electron chi connectivity index (χ3n) is 3.34. The zero-order chi connectivity index (χ0) is 14.7. The van der Waals surface area contributed by atoms with Gasteiger partial charge in [0.1, 0.15) is 10.8 Å². The Morgan fingerprint density at radius 3 is 2.90 bits per heavy atom. The first-order valence-corrected chi connectivity index (χ1v) is 7.60. The van der Waals surface area contributed by atoms with Gasteiger partial charge >= 0.3 is 0 Å². The zero-order valence-corrected chi connectivity index (χ0v) is 12.2. The molecule has 0 amide bonds. The van der Waals surface area contributed by atoms with Crippen molar-refractivity contribution in [3.8, 4) is 0 Å². The van der Waals surface area contributed by atoms with Crippen molar-refractivity contribution in [1.29, 1.82) is 0 Å². The van der Waals surface area contributed by atoms with Gasteiger partial charge in [0.25, 0.3) is 0 Å². The fourth-order valence-electron chi connectivity index (χ4n) is 2.22. The fraction of sp³-hybridized carbons (Fsp3) is 0.429. The van der Waals surface area contributed by atoms with Gasteiger partial charge in [0.15, 0.2) is 0 Å². The molecule has 0 bridgehead atoms. The van der Waals surface area contributed by atoms with Crippen LogP contribution in [0, 0.1) is 5.82 Å². The molecule has 0 radical (unpaired) electrons. The average molecular weight is 309 g/mol. The highest BCUT2D eigenvalue weighted by Gasteiger charge is 2.22. The molecule has 2 aromatic rings. The molecular formula is C14H16FN3O2S. The van der Waals surface area contributed by atoms with Crippen LogP contribution >= 0.6 is 11.3 Å². The molecule has 2 heterocycles. The number of halogens is 1. The van der Waals surface area contributed by atoms with Gasteiger partial charge in [0, 0.05) is 19.5 Å². The molecule has 0 aliphatic carbocycles. The lowest BCUT2D eigenvalue weighted by molar-refractivity contribution is 0.00353. The summed E-state index contributed by atoms with van der Waals surface area (Å²) < 4.78 is 18.3. The van der Waals surface area contributed by atoms with Crippen molar-refractivity contribution in [3.05, 3.63) is 40.7 Å². The maximum Gasteiger partial charge on any atom is 0.208 e. The van der Waals surface area contributed by atoms with Gasteiger partial charge in [-0.2, -0.15) is 0 Å². The molecule has 1 saturated heterocycles. The minimum absolute atomic E-state index is 0.0116. The molecule has 7 heteroatoms. The highest BCUT2D eigenvalue weighted by molar-refractivity contribution is 7.15. The average Bonchev–Trinajstić information content (AvgIpc) is 2.98. The van der Waals surface area contributed by atoms with E-state index in [9.17, 15) is 4.39 Å². The van der Waals surface area contributed by atoms with E-state index in [2.05, 4.69) is 15.1 Å². The lowest BCUT2D eigenvalue weighted by Crippen LogP contribution is -2.44. The van der Waals surface area contributed by atoms with E-state index >= 15 is 0 Å². The highest BCUT2D eigenvalue weighted by Crippen LogP contribution is 2.24. The van der Waals surface area contributed by atoms with E-state index in [0.717, 1.165) is 22.2 Å². The first kappa shape index (κ1) is 14.4. The summed E-state index contributed by atoms with van der Waals surface area (Å²) in [5.74, 6) is -0.236. The lowest BCUT2D eigenvalue weighted by atomic mass is 10.2. The summed E-state index contributed by atoms with van der Waals surface area (Å²) in [6.45, 7) is 1.97. The summed E-state index contributed by atoms with van der Waals surface area (Å²) in [4.78, 5) is 2.08. The standard InChI is InChI=1S/C14H16FN3O2S/c15-11-3-1-10(2-4-11)7-13-16-17-14(21-13)18-5-6-20-12(8-18)9-19/h1-4,12,19H,5-9H2/t12-/m1/s1. The lowest BCUT2D eigenvalue weighted by Gasteiger charge is -2.31. The summed E-state index contributed by atoms with van der Waals surface area (Å²) >= 11 is 1.52. The Bertz CT molecular complexity index is 590. The summed E-state index contributed by atoms with van der Waals surface area (Å²) in [5, 5.41) is 19.3. The van der Waals surface area contributed by atoms with Crippen LogP contribution in [0.3, 0.4) is 0 Å². The third kappa shape index (κ3) is 3.55. The predicted molar refractivity (Wildman–Crippen MR) is 78.2 cm³/mol. The number of aliphatic hydroxyl groups excluding tert-OH is 1. The van der Waals surface area contributed by atoms with Crippen LogP contribution in [0.4, 0.5) is 9.52 Å². The molecule has 1 atom stereocenters. The van der Waals surface area contributed by atoms with E-state index in [-0.39, 0.29) is 18.5 Å². The van der Waals surface area contributed by atoms with Crippen LogP contribution in [0.1, 0.15) is 10.6 Å². The molecular weight excluding hydrogens is 293 g/mol. The van der Waals surface area contributed by atoms with Crippen molar-refractivity contribution in [1.82, 2.24) is 10.2 Å². The van der Waals surface area contributed by atoms with Gasteiger partial charge in [-0.25, -0.2) is 4.39 Å². The second kappa shape index (κ2) is 6.46. The summed E-state index contributed by atoms with van der Waals surface area (Å²) in [5.41, 5.74) is 1.01. The largest absolute Gasteiger partial charge is 0.394 e. The Balaban J connectivity index is 1.67. The quantitative estimate of drug-likeness (QED) is 0.927. The molecule has 112 valence electrons. The van der Waals surface area contributed by atoms with Gasteiger partial charge in [-0.3, -0.25) is 0 Å². The molecule has 0 saturated carbocycles. The molecule has 21 heavy (non-hydrogen) atoms. The van der Waals surface area contributed by atoms with Crippen LogP contribution in [0.15, 0.2) is 24.3 Å². The number of aliphatic hydroxyl groups is 1. The van der Waals surface area contributed by atoms with Crippen LogP contribution in [0.2, 0.25) is 0 Å². The summed E-state index contributed by atoms with van der Waals surface area (Å²) in [7, 11) is 0. The number of nitrogens with zero attached hydrogens (tertiary/aromatic N) is 3. The van der Waals surface area contributed by atoms with E-state index in [1.54, 1.807) is 12.1 Å². The first-order chi connectivity index (χ1) is 10.2. The van der Waals surface area contributed by atoms with E-state index < -0.39 is 0 Å². The minimum atomic E-state index is -0.236. The van der Waals surface area contributed by atoms with Crippen molar-refractivity contribution in [2.75, 3.05) is 31.2 Å². The molecule has 1 aliphatic heterocycles. The van der Waals surface area contributed by atoms with Crippen molar-refractivity contribution in [2.45, 2.75) is 12.5 Å². The Hall–Kier alpha value is -1.57. The molecule has 1 aromatic carbocycles. The highest BCUT2D eigenvalue weighted by atomic mass is 32.1.